The molecule has 0 bridgehead atoms. The minimum Gasteiger partial charge on any atom is -0.389 e. The molecule has 1 heterocycles. The molecule has 98 valence electrons. The molecule has 0 amide bonds. The van der Waals surface area contributed by atoms with Gasteiger partial charge in [0, 0.05) is 13.0 Å². The number of hydrogen-bond acceptors (Lipinski definition) is 2. The predicted octanol–water partition coefficient (Wildman–Crippen LogP) is 3.20. The van der Waals surface area contributed by atoms with Gasteiger partial charge in [-0.1, -0.05) is 31.9 Å². The van der Waals surface area contributed by atoms with Crippen molar-refractivity contribution < 1.29 is 5.11 Å². The van der Waals surface area contributed by atoms with Crippen LogP contribution in [0.3, 0.4) is 0 Å². The van der Waals surface area contributed by atoms with Gasteiger partial charge in [0.2, 0.25) is 0 Å². The number of halogens is 1. The van der Waals surface area contributed by atoms with Gasteiger partial charge in [0.15, 0.2) is 0 Å². The molecular formula is C13H23ClN2O. The Morgan fingerprint density at radius 3 is 2.53 bits per heavy atom. The molecule has 0 radical (unpaired) electrons. The molecule has 2 unspecified atom stereocenters. The summed E-state index contributed by atoms with van der Waals surface area (Å²) in [6.07, 6.45) is 1.50. The number of aliphatic hydroxyl groups is 1. The van der Waals surface area contributed by atoms with Crippen LogP contribution in [0, 0.1) is 12.8 Å². The topological polar surface area (TPSA) is 38.1 Å². The second-order valence-electron chi connectivity index (χ2n) is 5.01. The third kappa shape index (κ3) is 3.02. The lowest BCUT2D eigenvalue weighted by atomic mass is 9.85. The van der Waals surface area contributed by atoms with Crippen LogP contribution in [0.15, 0.2) is 0 Å². The number of nitrogens with zero attached hydrogens (tertiary/aromatic N) is 2. The molecule has 0 saturated carbocycles. The van der Waals surface area contributed by atoms with Gasteiger partial charge < -0.3 is 5.11 Å². The first-order valence-electron chi connectivity index (χ1n) is 6.27. The van der Waals surface area contributed by atoms with Crippen molar-refractivity contribution in [2.45, 2.75) is 59.6 Å². The van der Waals surface area contributed by atoms with Crippen molar-refractivity contribution in [2.24, 2.45) is 5.92 Å². The predicted molar refractivity (Wildman–Crippen MR) is 71.4 cm³/mol. The van der Waals surface area contributed by atoms with Crippen molar-refractivity contribution in [1.29, 1.82) is 0 Å². The van der Waals surface area contributed by atoms with E-state index in [0.29, 0.717) is 11.4 Å². The van der Waals surface area contributed by atoms with E-state index in [1.165, 1.54) is 0 Å². The maximum atomic E-state index is 10.5. The van der Waals surface area contributed by atoms with E-state index in [-0.39, 0.29) is 5.92 Å². The fourth-order valence-corrected chi connectivity index (χ4v) is 2.19. The normalized spacial score (nSPS) is 16.9. The number of rotatable bonds is 5. The van der Waals surface area contributed by atoms with Crippen molar-refractivity contribution in [3.8, 4) is 0 Å². The molecule has 0 fully saturated rings. The Bertz CT molecular complexity index is 385. The molecule has 0 aliphatic carbocycles. The van der Waals surface area contributed by atoms with Crippen molar-refractivity contribution in [3.63, 3.8) is 0 Å². The first-order chi connectivity index (χ1) is 7.83. The molecule has 3 nitrogen and oxygen atoms in total. The van der Waals surface area contributed by atoms with Gasteiger partial charge in [0.25, 0.3) is 0 Å². The third-order valence-electron chi connectivity index (χ3n) is 3.65. The molecular weight excluding hydrogens is 236 g/mol. The van der Waals surface area contributed by atoms with E-state index in [4.69, 9.17) is 11.6 Å². The van der Waals surface area contributed by atoms with E-state index in [1.54, 1.807) is 0 Å². The van der Waals surface area contributed by atoms with Crippen LogP contribution in [0.2, 0.25) is 5.02 Å². The fourth-order valence-electron chi connectivity index (χ4n) is 1.99. The van der Waals surface area contributed by atoms with E-state index in [2.05, 4.69) is 18.9 Å². The Balaban J connectivity index is 3.02. The largest absolute Gasteiger partial charge is 0.389 e. The van der Waals surface area contributed by atoms with Gasteiger partial charge in [-0.15, -0.1) is 0 Å². The summed E-state index contributed by atoms with van der Waals surface area (Å²) < 4.78 is 1.88. The second-order valence-corrected chi connectivity index (χ2v) is 5.38. The first-order valence-corrected chi connectivity index (χ1v) is 6.65. The Morgan fingerprint density at radius 2 is 2.06 bits per heavy atom. The molecule has 1 N–H and O–H groups in total. The van der Waals surface area contributed by atoms with Crippen molar-refractivity contribution in [1.82, 2.24) is 9.78 Å². The monoisotopic (exact) mass is 258 g/mol. The zero-order valence-electron chi connectivity index (χ0n) is 11.4. The molecule has 1 aromatic rings. The average molecular weight is 259 g/mol. The molecule has 1 aromatic heterocycles. The summed E-state index contributed by atoms with van der Waals surface area (Å²) in [5.74, 6) is 0.235. The van der Waals surface area contributed by atoms with Gasteiger partial charge in [0.1, 0.15) is 0 Å². The molecule has 0 saturated heterocycles. The summed E-state index contributed by atoms with van der Waals surface area (Å²) in [6.45, 7) is 10.7. The summed E-state index contributed by atoms with van der Waals surface area (Å²) in [6, 6.07) is 0. The summed E-state index contributed by atoms with van der Waals surface area (Å²) in [5, 5.41) is 15.6. The van der Waals surface area contributed by atoms with Crippen LogP contribution in [-0.4, -0.2) is 20.5 Å². The summed E-state index contributed by atoms with van der Waals surface area (Å²) >= 11 is 6.25. The van der Waals surface area contributed by atoms with Crippen LogP contribution in [0.5, 0.6) is 0 Å². The summed E-state index contributed by atoms with van der Waals surface area (Å²) in [7, 11) is 0. The number of aryl methyl sites for hydroxylation is 2. The van der Waals surface area contributed by atoms with E-state index >= 15 is 0 Å². The zero-order valence-corrected chi connectivity index (χ0v) is 12.2. The van der Waals surface area contributed by atoms with Crippen LogP contribution in [0.25, 0.3) is 0 Å². The second kappa shape index (κ2) is 5.40. The van der Waals surface area contributed by atoms with Crippen LogP contribution in [0.1, 0.15) is 45.5 Å². The van der Waals surface area contributed by atoms with Gasteiger partial charge in [0.05, 0.1) is 22.0 Å². The zero-order chi connectivity index (χ0) is 13.2. The lowest BCUT2D eigenvalue weighted by molar-refractivity contribution is 0.00346. The molecule has 0 spiro atoms. The lowest BCUT2D eigenvalue weighted by Crippen LogP contribution is -2.35. The minimum absolute atomic E-state index is 0.235. The van der Waals surface area contributed by atoms with Crippen molar-refractivity contribution in [2.75, 3.05) is 0 Å². The first kappa shape index (κ1) is 14.5. The summed E-state index contributed by atoms with van der Waals surface area (Å²) in [5.41, 5.74) is 1.04. The van der Waals surface area contributed by atoms with Crippen molar-refractivity contribution >= 4 is 11.6 Å². The third-order valence-corrected chi connectivity index (χ3v) is 4.14. The highest BCUT2D eigenvalue weighted by molar-refractivity contribution is 6.31. The number of aromatic nitrogens is 2. The highest BCUT2D eigenvalue weighted by Crippen LogP contribution is 2.29. The molecule has 2 atom stereocenters. The van der Waals surface area contributed by atoms with Crippen LogP contribution in [0.4, 0.5) is 0 Å². The van der Waals surface area contributed by atoms with Gasteiger partial charge in [-0.3, -0.25) is 4.68 Å². The van der Waals surface area contributed by atoms with Crippen LogP contribution >= 0.6 is 11.6 Å². The van der Waals surface area contributed by atoms with E-state index < -0.39 is 5.60 Å². The highest BCUT2D eigenvalue weighted by Gasteiger charge is 2.30. The quantitative estimate of drug-likeness (QED) is 0.881. The average Bonchev–Trinajstić information content (AvgIpc) is 2.55. The van der Waals surface area contributed by atoms with Crippen molar-refractivity contribution in [3.05, 3.63) is 16.4 Å². The maximum absolute atomic E-state index is 10.5. The lowest BCUT2D eigenvalue weighted by Gasteiger charge is -2.30. The Morgan fingerprint density at radius 1 is 1.47 bits per heavy atom. The minimum atomic E-state index is -0.738. The molecule has 1 rings (SSSR count). The number of hydrogen-bond donors (Lipinski definition) is 1. The van der Waals surface area contributed by atoms with Gasteiger partial charge in [-0.2, -0.15) is 5.10 Å². The van der Waals surface area contributed by atoms with Crippen LogP contribution < -0.4 is 0 Å². The molecule has 0 aliphatic heterocycles. The fraction of sp³-hybridized carbons (Fsp3) is 0.769. The molecule has 17 heavy (non-hydrogen) atoms. The Kier molecular flexibility index (Phi) is 4.62. The van der Waals surface area contributed by atoms with Crippen LogP contribution in [-0.2, 0) is 13.0 Å². The molecule has 0 aromatic carbocycles. The van der Waals surface area contributed by atoms with Gasteiger partial charge in [-0.25, -0.2) is 0 Å². The molecule has 0 aliphatic rings. The Labute approximate surface area is 109 Å². The SMILES string of the molecule is CCC(C)C(C)(O)Cc1c(Cl)c(C)nn1CC. The highest BCUT2D eigenvalue weighted by atomic mass is 35.5. The summed E-state index contributed by atoms with van der Waals surface area (Å²) in [4.78, 5) is 0. The van der Waals surface area contributed by atoms with E-state index in [0.717, 1.165) is 24.4 Å². The molecule has 4 heteroatoms. The Hall–Kier alpha value is -0.540. The smallest absolute Gasteiger partial charge is 0.0848 e. The van der Waals surface area contributed by atoms with E-state index in [1.807, 2.05) is 25.5 Å². The van der Waals surface area contributed by atoms with E-state index in [9.17, 15) is 5.11 Å². The standard InChI is InChI=1S/C13H23ClN2O/c1-6-9(3)13(5,17)8-11-12(14)10(4)15-16(11)7-2/h9,17H,6-8H2,1-5H3. The van der Waals surface area contributed by atoms with Gasteiger partial charge in [-0.05, 0) is 26.7 Å². The van der Waals surface area contributed by atoms with Gasteiger partial charge >= 0.3 is 0 Å². The maximum Gasteiger partial charge on any atom is 0.0848 e.